The van der Waals surface area contributed by atoms with Gasteiger partial charge in [-0.1, -0.05) is 102 Å². The van der Waals surface area contributed by atoms with Crippen LogP contribution < -0.4 is 4.74 Å². The zero-order valence-electron chi connectivity index (χ0n) is 32.1. The molecule has 9 rings (SSSR count). The largest absolute Gasteiger partial charge is 0.457 e. The van der Waals surface area contributed by atoms with E-state index in [1.54, 1.807) is 4.80 Å². The molecule has 5 aromatic carbocycles. The quantitative estimate of drug-likeness (QED) is 0.179. The van der Waals surface area contributed by atoms with Crippen molar-refractivity contribution >= 4 is 43.6 Å². The maximum atomic E-state index is 6.53. The van der Waals surface area contributed by atoms with Gasteiger partial charge in [0.2, 0.25) is 0 Å². The summed E-state index contributed by atoms with van der Waals surface area (Å²) in [6, 6.07) is 40.6. The number of benzene rings is 5. The van der Waals surface area contributed by atoms with Gasteiger partial charge >= 0.3 is 0 Å². The first-order chi connectivity index (χ1) is 25.9. The molecule has 0 N–H and O–H groups in total. The Labute approximate surface area is 315 Å². The molecule has 0 spiro atoms. The lowest BCUT2D eigenvalue weighted by molar-refractivity contribution is 0.482. The molecule has 0 unspecified atom stereocenters. The summed E-state index contributed by atoms with van der Waals surface area (Å²) in [7, 11) is 0. The number of aromatic nitrogens is 6. The van der Waals surface area contributed by atoms with Crippen LogP contribution in [0.2, 0.25) is 0 Å². The molecule has 9 aromatic rings. The molecule has 0 atom stereocenters. The molecule has 0 saturated carbocycles. The van der Waals surface area contributed by atoms with Gasteiger partial charge < -0.3 is 9.30 Å². The Morgan fingerprint density at radius 2 is 1.09 bits per heavy atom. The van der Waals surface area contributed by atoms with Gasteiger partial charge in [-0.15, -0.1) is 0 Å². The van der Waals surface area contributed by atoms with Crippen LogP contribution in [0, 0.1) is 13.8 Å². The van der Waals surface area contributed by atoms with Crippen LogP contribution in [0.1, 0.15) is 64.1 Å². The monoisotopic (exact) mass is 708 g/mol. The van der Waals surface area contributed by atoms with E-state index in [1.165, 1.54) is 32.9 Å². The van der Waals surface area contributed by atoms with Gasteiger partial charge in [0.25, 0.3) is 0 Å². The minimum absolute atomic E-state index is 0.0705. The molecule has 0 bridgehead atoms. The first-order valence-corrected chi connectivity index (χ1v) is 18.6. The van der Waals surface area contributed by atoms with Crippen LogP contribution in [0.3, 0.4) is 0 Å². The Morgan fingerprint density at radius 3 is 1.76 bits per heavy atom. The molecule has 0 aliphatic heterocycles. The summed E-state index contributed by atoms with van der Waals surface area (Å²) in [5, 5.41) is 14.0. The van der Waals surface area contributed by atoms with Crippen molar-refractivity contribution in [2.45, 2.75) is 66.2 Å². The van der Waals surface area contributed by atoms with E-state index in [9.17, 15) is 0 Å². The molecule has 0 radical (unpaired) electrons. The Bertz CT molecular complexity index is 2820. The molecule has 0 fully saturated rings. The summed E-state index contributed by atoms with van der Waals surface area (Å²) >= 11 is 0. The van der Waals surface area contributed by atoms with Crippen molar-refractivity contribution in [2.75, 3.05) is 0 Å². The molecule has 268 valence electrons. The average molecular weight is 709 g/mol. The van der Waals surface area contributed by atoms with Crippen molar-refractivity contribution in [1.82, 2.24) is 29.1 Å². The van der Waals surface area contributed by atoms with Gasteiger partial charge in [-0.25, -0.2) is 4.98 Å². The van der Waals surface area contributed by atoms with Gasteiger partial charge in [0.05, 0.1) is 44.8 Å². The maximum absolute atomic E-state index is 6.53. The van der Waals surface area contributed by atoms with E-state index >= 15 is 0 Å². The highest BCUT2D eigenvalue weighted by Gasteiger charge is 2.27. The van der Waals surface area contributed by atoms with Gasteiger partial charge in [-0.2, -0.15) is 15.0 Å². The Kier molecular flexibility index (Phi) is 7.57. The predicted octanol–water partition coefficient (Wildman–Crippen LogP) is 11.9. The van der Waals surface area contributed by atoms with Crippen molar-refractivity contribution in [2.24, 2.45) is 0 Å². The van der Waals surface area contributed by atoms with E-state index in [1.807, 2.05) is 50.4 Å². The summed E-state index contributed by atoms with van der Waals surface area (Å²) in [4.78, 5) is 6.71. The summed E-state index contributed by atoms with van der Waals surface area (Å²) < 4.78 is 11.3. The highest BCUT2D eigenvalue weighted by atomic mass is 16.5. The number of rotatable bonds is 5. The number of ether oxygens (including phenoxy) is 1. The van der Waals surface area contributed by atoms with Gasteiger partial charge in [0.15, 0.2) is 0 Å². The molecule has 7 nitrogen and oxygen atoms in total. The second-order valence-electron chi connectivity index (χ2n) is 16.4. The third-order valence-corrected chi connectivity index (χ3v) is 10.6. The fourth-order valence-electron chi connectivity index (χ4n) is 7.89. The van der Waals surface area contributed by atoms with E-state index < -0.39 is 0 Å². The second kappa shape index (κ2) is 12.2. The third-order valence-electron chi connectivity index (χ3n) is 10.6. The van der Waals surface area contributed by atoms with Crippen LogP contribution in [-0.4, -0.2) is 29.1 Å². The molecule has 0 saturated heterocycles. The van der Waals surface area contributed by atoms with E-state index in [2.05, 4.69) is 146 Å². The van der Waals surface area contributed by atoms with E-state index in [4.69, 9.17) is 9.72 Å². The number of pyridine rings is 1. The minimum Gasteiger partial charge on any atom is -0.457 e. The van der Waals surface area contributed by atoms with E-state index in [0.29, 0.717) is 5.75 Å². The molecule has 0 aliphatic rings. The minimum atomic E-state index is -0.0705. The van der Waals surface area contributed by atoms with Gasteiger partial charge in [0.1, 0.15) is 17.3 Å². The van der Waals surface area contributed by atoms with Crippen LogP contribution in [0.5, 0.6) is 11.5 Å². The number of hydrogen-bond acceptors (Lipinski definition) is 4. The molecule has 4 aromatic heterocycles. The summed E-state index contributed by atoms with van der Waals surface area (Å²) in [5.74, 6) is 2.27. The SMILES string of the molecule is Cc1nn(-c2cccc(Oc3ccc4c5ccccc5n(-c5cc(-n6c7c(C(C)(C)C)cccc7c7cccc(C(C)(C)C)c76)ccn5)c4c3)c2)nc1C. The van der Waals surface area contributed by atoms with Crippen LogP contribution >= 0.6 is 0 Å². The van der Waals surface area contributed by atoms with Crippen molar-refractivity contribution in [3.63, 3.8) is 0 Å². The standard InChI is InChI=1S/C47H44N6O/c1-29-30(2)50-53(49-29)32-14-11-15-33(26-32)54-34-22-23-36-35-16-9-10-21-41(35)52(42(36)28-34)43-27-31(24-25-48-43)51-44-37(17-12-19-39(44)46(3,4)5)38-18-13-20-40(45(38)51)47(6,7)8/h9-28H,1-8H3. The lowest BCUT2D eigenvalue weighted by Gasteiger charge is -2.24. The zero-order chi connectivity index (χ0) is 37.5. The Balaban J connectivity index is 1.24. The van der Waals surface area contributed by atoms with Gasteiger partial charge in [-0.05, 0) is 72.2 Å². The second-order valence-corrected chi connectivity index (χ2v) is 16.4. The van der Waals surface area contributed by atoms with E-state index in [0.717, 1.165) is 56.1 Å². The maximum Gasteiger partial charge on any atom is 0.139 e. The van der Waals surface area contributed by atoms with Gasteiger partial charge in [0, 0.05) is 45.9 Å². The number of fused-ring (bicyclic) bond motifs is 6. The summed E-state index contributed by atoms with van der Waals surface area (Å²) in [5.41, 5.74) is 10.8. The number of nitrogens with zero attached hydrogens (tertiary/aromatic N) is 6. The fourth-order valence-corrected chi connectivity index (χ4v) is 7.89. The highest BCUT2D eigenvalue weighted by Crippen LogP contribution is 2.43. The normalized spacial score (nSPS) is 12.4. The van der Waals surface area contributed by atoms with E-state index in [-0.39, 0.29) is 10.8 Å². The third kappa shape index (κ3) is 5.45. The fraction of sp³-hybridized carbons (Fsp3) is 0.213. The summed E-state index contributed by atoms with van der Waals surface area (Å²) in [6.45, 7) is 17.7. The van der Waals surface area contributed by atoms with Crippen LogP contribution in [0.15, 0.2) is 121 Å². The lowest BCUT2D eigenvalue weighted by Crippen LogP contribution is -2.15. The van der Waals surface area contributed by atoms with Crippen LogP contribution in [0.25, 0.3) is 60.8 Å². The van der Waals surface area contributed by atoms with Crippen molar-refractivity contribution in [3.8, 4) is 28.7 Å². The first kappa shape index (κ1) is 33.6. The molecule has 0 amide bonds. The average Bonchev–Trinajstić information content (AvgIpc) is 3.79. The number of para-hydroxylation sites is 3. The highest BCUT2D eigenvalue weighted by molar-refractivity contribution is 6.12. The number of hydrogen-bond donors (Lipinski definition) is 0. The van der Waals surface area contributed by atoms with Crippen LogP contribution in [0.4, 0.5) is 0 Å². The van der Waals surface area contributed by atoms with Crippen LogP contribution in [-0.2, 0) is 10.8 Å². The van der Waals surface area contributed by atoms with Crippen molar-refractivity contribution < 1.29 is 4.74 Å². The first-order valence-electron chi connectivity index (χ1n) is 18.6. The molecule has 0 aliphatic carbocycles. The molecule has 4 heterocycles. The Hall–Kier alpha value is -6.21. The van der Waals surface area contributed by atoms with Gasteiger partial charge in [-0.3, -0.25) is 4.57 Å². The molecule has 54 heavy (non-hydrogen) atoms. The molecule has 7 heteroatoms. The number of aryl methyl sites for hydroxylation is 2. The summed E-state index contributed by atoms with van der Waals surface area (Å²) in [6.07, 6.45) is 1.95. The van der Waals surface area contributed by atoms with Crippen molar-refractivity contribution in [1.29, 1.82) is 0 Å². The smallest absolute Gasteiger partial charge is 0.139 e. The van der Waals surface area contributed by atoms with Crippen molar-refractivity contribution in [3.05, 3.63) is 144 Å². The molecular formula is C47H44N6O. The Morgan fingerprint density at radius 1 is 0.500 bits per heavy atom. The molecular weight excluding hydrogens is 665 g/mol. The lowest BCUT2D eigenvalue weighted by atomic mass is 9.85. The topological polar surface area (TPSA) is 62.7 Å². The zero-order valence-corrected chi connectivity index (χ0v) is 32.1. The predicted molar refractivity (Wildman–Crippen MR) is 221 cm³/mol.